The maximum atomic E-state index is 12.2. The molecule has 0 unspecified atom stereocenters. The molecule has 2 rings (SSSR count). The van der Waals surface area contributed by atoms with Gasteiger partial charge in [-0.05, 0) is 34.1 Å². The summed E-state index contributed by atoms with van der Waals surface area (Å²) in [5.74, 6) is -0.240. The van der Waals surface area contributed by atoms with E-state index in [0.717, 1.165) is 0 Å². The highest BCUT2D eigenvalue weighted by Crippen LogP contribution is 2.20. The highest BCUT2D eigenvalue weighted by molar-refractivity contribution is 9.10. The van der Waals surface area contributed by atoms with Gasteiger partial charge in [0.1, 0.15) is 0 Å². The van der Waals surface area contributed by atoms with Gasteiger partial charge in [-0.15, -0.1) is 0 Å². The first-order chi connectivity index (χ1) is 9.60. The third-order valence-electron chi connectivity index (χ3n) is 2.65. The second kappa shape index (κ2) is 6.53. The van der Waals surface area contributed by atoms with E-state index in [1.165, 1.54) is 0 Å². The average molecular weight is 339 g/mol. The number of ether oxygens (including phenoxy) is 1. The van der Waals surface area contributed by atoms with Gasteiger partial charge in [-0.25, -0.2) is 0 Å². The fourth-order valence-electron chi connectivity index (χ4n) is 1.65. The Morgan fingerprint density at radius 2 is 2.35 bits per heavy atom. The van der Waals surface area contributed by atoms with E-state index in [4.69, 9.17) is 10.5 Å². The number of benzene rings is 1. The molecule has 6 nitrogen and oxygen atoms in total. The van der Waals surface area contributed by atoms with Crippen LogP contribution in [0.5, 0.6) is 0 Å². The number of carbonyl (C=O) groups is 1. The van der Waals surface area contributed by atoms with E-state index < -0.39 is 0 Å². The molecule has 7 heteroatoms. The largest absolute Gasteiger partial charge is 0.399 e. The first kappa shape index (κ1) is 14.5. The molecular formula is C13H15BrN4O2. The third kappa shape index (κ3) is 3.58. The van der Waals surface area contributed by atoms with Crippen molar-refractivity contribution in [2.75, 3.05) is 24.8 Å². The molecule has 0 saturated carbocycles. The van der Waals surface area contributed by atoms with Crippen molar-refractivity contribution in [3.8, 4) is 0 Å². The lowest BCUT2D eigenvalue weighted by atomic mass is 10.2. The van der Waals surface area contributed by atoms with Crippen molar-refractivity contribution in [1.29, 1.82) is 0 Å². The lowest BCUT2D eigenvalue weighted by molar-refractivity contribution is 0.102. The van der Waals surface area contributed by atoms with Crippen molar-refractivity contribution in [3.05, 3.63) is 40.6 Å². The number of halogens is 1. The van der Waals surface area contributed by atoms with Crippen LogP contribution in [0.3, 0.4) is 0 Å². The van der Waals surface area contributed by atoms with E-state index in [9.17, 15) is 4.79 Å². The van der Waals surface area contributed by atoms with Gasteiger partial charge in [-0.2, -0.15) is 5.10 Å². The van der Waals surface area contributed by atoms with Gasteiger partial charge in [0.25, 0.3) is 5.91 Å². The zero-order valence-corrected chi connectivity index (χ0v) is 12.6. The predicted octanol–water partition coefficient (Wildman–Crippen LogP) is 2.13. The number of methoxy groups -OCH3 is 1. The van der Waals surface area contributed by atoms with Crippen molar-refractivity contribution < 1.29 is 9.53 Å². The number of nitrogen functional groups attached to an aromatic ring is 1. The van der Waals surface area contributed by atoms with Crippen LogP contribution in [0, 0.1) is 0 Å². The summed E-state index contributed by atoms with van der Waals surface area (Å²) < 4.78 is 7.36. The smallest absolute Gasteiger partial charge is 0.256 e. The Balaban J connectivity index is 2.07. The van der Waals surface area contributed by atoms with Gasteiger partial charge in [0, 0.05) is 23.5 Å². The number of aromatic nitrogens is 2. The Labute approximate surface area is 125 Å². The van der Waals surface area contributed by atoms with Crippen LogP contribution in [0.2, 0.25) is 0 Å². The number of nitrogens with zero attached hydrogens (tertiary/aromatic N) is 2. The first-order valence-corrected chi connectivity index (χ1v) is 6.77. The van der Waals surface area contributed by atoms with Crippen molar-refractivity contribution >= 4 is 33.2 Å². The molecule has 0 radical (unpaired) electrons. The summed E-state index contributed by atoms with van der Waals surface area (Å²) in [4.78, 5) is 12.2. The van der Waals surface area contributed by atoms with Crippen LogP contribution >= 0.6 is 15.9 Å². The van der Waals surface area contributed by atoms with E-state index in [1.54, 1.807) is 42.4 Å². The van der Waals surface area contributed by atoms with Crippen LogP contribution in [-0.2, 0) is 11.3 Å². The standard InChI is InChI=1S/C13H15BrN4O2/c1-20-5-4-18-8-10(7-16-18)17-13(19)11-6-9(15)2-3-12(11)14/h2-3,6-8H,4-5,15H2,1H3,(H,17,19). The molecule has 0 aliphatic heterocycles. The Morgan fingerprint density at radius 1 is 1.55 bits per heavy atom. The first-order valence-electron chi connectivity index (χ1n) is 5.98. The van der Waals surface area contributed by atoms with Gasteiger partial charge in [-0.1, -0.05) is 0 Å². The van der Waals surface area contributed by atoms with Crippen LogP contribution in [-0.4, -0.2) is 29.4 Å². The molecule has 106 valence electrons. The molecule has 20 heavy (non-hydrogen) atoms. The summed E-state index contributed by atoms with van der Waals surface area (Å²) in [6.45, 7) is 1.20. The summed E-state index contributed by atoms with van der Waals surface area (Å²) in [5, 5.41) is 6.90. The number of nitrogens with two attached hydrogens (primary N) is 1. The number of hydrogen-bond donors (Lipinski definition) is 2. The van der Waals surface area contributed by atoms with Crippen LogP contribution < -0.4 is 11.1 Å². The number of hydrogen-bond acceptors (Lipinski definition) is 4. The summed E-state index contributed by atoms with van der Waals surface area (Å²) in [5.41, 5.74) is 7.33. The second-order valence-electron chi connectivity index (χ2n) is 4.18. The molecule has 0 saturated heterocycles. The lowest BCUT2D eigenvalue weighted by Gasteiger charge is -2.05. The zero-order valence-electron chi connectivity index (χ0n) is 11.0. The van der Waals surface area contributed by atoms with Gasteiger partial charge < -0.3 is 15.8 Å². The van der Waals surface area contributed by atoms with Gasteiger partial charge in [0.2, 0.25) is 0 Å². The van der Waals surface area contributed by atoms with E-state index in [0.29, 0.717) is 34.6 Å². The quantitative estimate of drug-likeness (QED) is 0.818. The minimum absolute atomic E-state index is 0.240. The average Bonchev–Trinajstić information content (AvgIpc) is 2.86. The molecule has 1 heterocycles. The maximum absolute atomic E-state index is 12.2. The maximum Gasteiger partial charge on any atom is 0.256 e. The molecule has 0 atom stereocenters. The van der Waals surface area contributed by atoms with Gasteiger partial charge in [0.05, 0.1) is 30.6 Å². The highest BCUT2D eigenvalue weighted by Gasteiger charge is 2.11. The summed E-state index contributed by atoms with van der Waals surface area (Å²) >= 11 is 3.33. The van der Waals surface area contributed by atoms with E-state index in [2.05, 4.69) is 26.3 Å². The minimum Gasteiger partial charge on any atom is -0.399 e. The summed E-state index contributed by atoms with van der Waals surface area (Å²) in [6.07, 6.45) is 3.34. The second-order valence-corrected chi connectivity index (χ2v) is 5.03. The summed E-state index contributed by atoms with van der Waals surface area (Å²) in [7, 11) is 1.63. The van der Waals surface area contributed by atoms with Crippen LogP contribution in [0.4, 0.5) is 11.4 Å². The third-order valence-corrected chi connectivity index (χ3v) is 3.34. The molecule has 1 amide bonds. The highest BCUT2D eigenvalue weighted by atomic mass is 79.9. The van der Waals surface area contributed by atoms with Gasteiger partial charge in [0.15, 0.2) is 0 Å². The molecule has 0 aliphatic rings. The number of carbonyl (C=O) groups excluding carboxylic acids is 1. The Bertz CT molecular complexity index is 612. The molecule has 0 spiro atoms. The molecule has 2 aromatic rings. The topological polar surface area (TPSA) is 82.2 Å². The molecule has 1 aromatic carbocycles. The molecule has 0 fully saturated rings. The van der Waals surface area contributed by atoms with Crippen molar-refractivity contribution in [2.45, 2.75) is 6.54 Å². The van der Waals surface area contributed by atoms with Crippen LogP contribution in [0.1, 0.15) is 10.4 Å². The fraction of sp³-hybridized carbons (Fsp3) is 0.231. The Kier molecular flexibility index (Phi) is 4.75. The monoisotopic (exact) mass is 338 g/mol. The molecule has 3 N–H and O–H groups in total. The lowest BCUT2D eigenvalue weighted by Crippen LogP contribution is -2.12. The van der Waals surface area contributed by atoms with Crippen molar-refractivity contribution in [3.63, 3.8) is 0 Å². The van der Waals surface area contributed by atoms with Gasteiger partial charge >= 0.3 is 0 Å². The van der Waals surface area contributed by atoms with E-state index in [1.807, 2.05) is 0 Å². The fourth-order valence-corrected chi connectivity index (χ4v) is 2.08. The SMILES string of the molecule is COCCn1cc(NC(=O)c2cc(N)ccc2Br)cn1. The predicted molar refractivity (Wildman–Crippen MR) is 80.6 cm³/mol. The zero-order chi connectivity index (χ0) is 14.5. The van der Waals surface area contributed by atoms with Crippen molar-refractivity contribution in [2.24, 2.45) is 0 Å². The molecule has 0 aliphatic carbocycles. The van der Waals surface area contributed by atoms with Crippen LogP contribution in [0.25, 0.3) is 0 Å². The van der Waals surface area contributed by atoms with Gasteiger partial charge in [-0.3, -0.25) is 9.48 Å². The van der Waals surface area contributed by atoms with E-state index in [-0.39, 0.29) is 5.91 Å². The Morgan fingerprint density at radius 3 is 3.10 bits per heavy atom. The minimum atomic E-state index is -0.240. The number of nitrogens with one attached hydrogen (secondary N) is 1. The normalized spacial score (nSPS) is 10.5. The van der Waals surface area contributed by atoms with Crippen molar-refractivity contribution in [1.82, 2.24) is 9.78 Å². The van der Waals surface area contributed by atoms with Crippen LogP contribution in [0.15, 0.2) is 35.1 Å². The molecular weight excluding hydrogens is 324 g/mol. The summed E-state index contributed by atoms with van der Waals surface area (Å²) in [6, 6.07) is 5.09. The molecule has 1 aromatic heterocycles. The molecule has 0 bridgehead atoms. The number of anilines is 2. The number of amides is 1. The Hall–Kier alpha value is -1.86. The number of rotatable bonds is 5. The van der Waals surface area contributed by atoms with E-state index >= 15 is 0 Å².